The molecular weight excluding hydrogens is 354 g/mol. The Morgan fingerprint density at radius 2 is 1.65 bits per heavy atom. The van der Waals surface area contributed by atoms with Gasteiger partial charge in [0, 0.05) is 12.6 Å². The van der Waals surface area contributed by atoms with E-state index in [1.807, 2.05) is 0 Å². The van der Waals surface area contributed by atoms with Gasteiger partial charge in [0.1, 0.15) is 0 Å². The van der Waals surface area contributed by atoms with Gasteiger partial charge < -0.3 is 15.4 Å². The van der Waals surface area contributed by atoms with Crippen molar-refractivity contribution in [2.45, 2.75) is 0 Å². The molecule has 0 aliphatic heterocycles. The summed E-state index contributed by atoms with van der Waals surface area (Å²) in [7, 11) is 2.78. The molecule has 7 nitrogen and oxygen atoms in total. The maximum absolute atomic E-state index is 12.3. The first kappa shape index (κ1) is 19.1. The van der Waals surface area contributed by atoms with Crippen molar-refractivity contribution >= 4 is 40.8 Å². The lowest BCUT2D eigenvalue weighted by Crippen LogP contribution is -2.35. The summed E-state index contributed by atoms with van der Waals surface area (Å²) in [6, 6.07) is 12.8. The highest BCUT2D eigenvalue weighted by molar-refractivity contribution is 7.80. The Hall–Kier alpha value is -3.26. The van der Waals surface area contributed by atoms with Gasteiger partial charge in [-0.3, -0.25) is 14.9 Å². The van der Waals surface area contributed by atoms with Gasteiger partial charge in [-0.2, -0.15) is 0 Å². The molecule has 0 heterocycles. The molecule has 0 unspecified atom stereocenters. The lowest BCUT2D eigenvalue weighted by Gasteiger charge is -2.13. The Labute approximate surface area is 155 Å². The minimum atomic E-state index is -0.542. The number of anilines is 1. The van der Waals surface area contributed by atoms with Crippen LogP contribution in [0.5, 0.6) is 0 Å². The Morgan fingerprint density at radius 3 is 2.35 bits per heavy atom. The fourth-order valence-electron chi connectivity index (χ4n) is 2.16. The number of ether oxygens (including phenoxy) is 1. The molecule has 0 radical (unpaired) electrons. The molecule has 0 atom stereocenters. The van der Waals surface area contributed by atoms with Gasteiger partial charge >= 0.3 is 5.97 Å². The number of nitrogens with one attached hydrogen (secondary N) is 3. The Morgan fingerprint density at radius 1 is 0.962 bits per heavy atom. The van der Waals surface area contributed by atoms with Crippen molar-refractivity contribution in [2.24, 2.45) is 0 Å². The van der Waals surface area contributed by atoms with Crippen LogP contribution in [0.25, 0.3) is 0 Å². The Kier molecular flexibility index (Phi) is 6.40. The van der Waals surface area contributed by atoms with E-state index in [2.05, 4.69) is 20.7 Å². The zero-order valence-electron chi connectivity index (χ0n) is 14.2. The van der Waals surface area contributed by atoms with Crippen LogP contribution in [0.2, 0.25) is 0 Å². The average Bonchev–Trinajstić information content (AvgIpc) is 2.67. The van der Waals surface area contributed by atoms with Crippen molar-refractivity contribution in [1.82, 2.24) is 10.6 Å². The maximum atomic E-state index is 12.3. The minimum Gasteiger partial charge on any atom is -0.465 e. The van der Waals surface area contributed by atoms with Crippen LogP contribution in [0.3, 0.4) is 0 Å². The summed E-state index contributed by atoms with van der Waals surface area (Å²) in [6.07, 6.45) is 0. The van der Waals surface area contributed by atoms with Crippen LogP contribution in [0.1, 0.15) is 31.1 Å². The first-order valence-electron chi connectivity index (χ1n) is 7.58. The van der Waals surface area contributed by atoms with Gasteiger partial charge in [-0.15, -0.1) is 0 Å². The van der Waals surface area contributed by atoms with Crippen molar-refractivity contribution in [1.29, 1.82) is 0 Å². The summed E-state index contributed by atoms with van der Waals surface area (Å²) in [5.74, 6) is -1.32. The molecule has 0 saturated carbocycles. The number of methoxy groups -OCH3 is 1. The molecule has 0 aromatic heterocycles. The van der Waals surface area contributed by atoms with E-state index in [1.54, 1.807) is 42.5 Å². The Balaban J connectivity index is 2.10. The highest BCUT2D eigenvalue weighted by Gasteiger charge is 2.14. The van der Waals surface area contributed by atoms with E-state index in [0.29, 0.717) is 11.3 Å². The number of esters is 1. The fourth-order valence-corrected chi connectivity index (χ4v) is 2.36. The molecule has 0 aliphatic carbocycles. The molecular formula is C18H17N3O4S. The normalized spacial score (nSPS) is 9.77. The van der Waals surface area contributed by atoms with Gasteiger partial charge in [0.25, 0.3) is 11.8 Å². The third-order valence-electron chi connectivity index (χ3n) is 3.42. The SMILES string of the molecule is CNC(=O)c1ccccc1NC(=S)NC(=O)c1cccc(C(=O)OC)c1. The van der Waals surface area contributed by atoms with Crippen LogP contribution in [0, 0.1) is 0 Å². The van der Waals surface area contributed by atoms with E-state index in [1.165, 1.54) is 20.2 Å². The second-order valence-corrected chi connectivity index (χ2v) is 5.51. The molecule has 2 aromatic rings. The number of hydrogen-bond donors (Lipinski definition) is 3. The predicted molar refractivity (Wildman–Crippen MR) is 101 cm³/mol. The van der Waals surface area contributed by atoms with Gasteiger partial charge in [0.05, 0.1) is 23.9 Å². The highest BCUT2D eigenvalue weighted by atomic mass is 32.1. The monoisotopic (exact) mass is 371 g/mol. The van der Waals surface area contributed by atoms with Gasteiger partial charge in [0.2, 0.25) is 0 Å². The summed E-state index contributed by atoms with van der Waals surface area (Å²) < 4.78 is 4.63. The summed E-state index contributed by atoms with van der Waals surface area (Å²) in [6.45, 7) is 0. The number of para-hydroxylation sites is 1. The summed E-state index contributed by atoms with van der Waals surface area (Å²) >= 11 is 5.14. The topological polar surface area (TPSA) is 96.5 Å². The molecule has 0 saturated heterocycles. The third kappa shape index (κ3) is 4.64. The summed E-state index contributed by atoms with van der Waals surface area (Å²) in [5.41, 5.74) is 1.35. The van der Waals surface area contributed by atoms with Crippen LogP contribution in [-0.4, -0.2) is 37.1 Å². The molecule has 0 fully saturated rings. The molecule has 3 N–H and O–H groups in total. The van der Waals surface area contributed by atoms with Crippen LogP contribution >= 0.6 is 12.2 Å². The summed E-state index contributed by atoms with van der Waals surface area (Å²) in [4.78, 5) is 35.7. The number of carbonyl (C=O) groups is 3. The Bertz CT molecular complexity index is 867. The van der Waals surface area contributed by atoms with Gasteiger partial charge in [-0.1, -0.05) is 18.2 Å². The van der Waals surface area contributed by atoms with E-state index in [-0.39, 0.29) is 22.1 Å². The van der Waals surface area contributed by atoms with E-state index >= 15 is 0 Å². The minimum absolute atomic E-state index is 0.0230. The molecule has 2 rings (SSSR count). The number of amides is 2. The molecule has 26 heavy (non-hydrogen) atoms. The molecule has 8 heteroatoms. The van der Waals surface area contributed by atoms with Crippen molar-refractivity contribution in [3.63, 3.8) is 0 Å². The second kappa shape index (κ2) is 8.72. The average molecular weight is 371 g/mol. The quantitative estimate of drug-likeness (QED) is 0.562. The highest BCUT2D eigenvalue weighted by Crippen LogP contribution is 2.15. The summed E-state index contributed by atoms with van der Waals surface area (Å²) in [5, 5.41) is 7.89. The van der Waals surface area contributed by atoms with Crippen LogP contribution in [0.15, 0.2) is 48.5 Å². The van der Waals surface area contributed by atoms with Crippen LogP contribution < -0.4 is 16.0 Å². The first-order valence-corrected chi connectivity index (χ1v) is 7.99. The molecule has 0 spiro atoms. The zero-order valence-corrected chi connectivity index (χ0v) is 15.0. The van der Waals surface area contributed by atoms with Gasteiger partial charge in [-0.25, -0.2) is 4.79 Å². The van der Waals surface area contributed by atoms with Gasteiger partial charge in [0.15, 0.2) is 5.11 Å². The molecule has 2 amide bonds. The third-order valence-corrected chi connectivity index (χ3v) is 3.62. The van der Waals surface area contributed by atoms with E-state index in [9.17, 15) is 14.4 Å². The molecule has 134 valence electrons. The predicted octanol–water partition coefficient (Wildman–Crippen LogP) is 1.96. The largest absolute Gasteiger partial charge is 0.465 e. The van der Waals surface area contributed by atoms with Gasteiger partial charge in [-0.05, 0) is 42.5 Å². The lowest BCUT2D eigenvalue weighted by atomic mass is 10.1. The van der Waals surface area contributed by atoms with Crippen molar-refractivity contribution in [3.8, 4) is 0 Å². The van der Waals surface area contributed by atoms with E-state index < -0.39 is 11.9 Å². The van der Waals surface area contributed by atoms with Crippen molar-refractivity contribution in [2.75, 3.05) is 19.5 Å². The van der Waals surface area contributed by atoms with Crippen LogP contribution in [-0.2, 0) is 4.74 Å². The molecule has 0 bridgehead atoms. The van der Waals surface area contributed by atoms with Crippen LogP contribution in [0.4, 0.5) is 5.69 Å². The second-order valence-electron chi connectivity index (χ2n) is 5.11. The smallest absolute Gasteiger partial charge is 0.337 e. The lowest BCUT2D eigenvalue weighted by molar-refractivity contribution is 0.0600. The van der Waals surface area contributed by atoms with E-state index in [0.717, 1.165) is 0 Å². The number of thiocarbonyl (C=S) groups is 1. The zero-order chi connectivity index (χ0) is 19.1. The first-order chi connectivity index (χ1) is 12.5. The van der Waals surface area contributed by atoms with E-state index in [4.69, 9.17) is 12.2 Å². The number of carbonyl (C=O) groups excluding carboxylic acids is 3. The molecule has 0 aliphatic rings. The number of benzene rings is 2. The fraction of sp³-hybridized carbons (Fsp3) is 0.111. The van der Waals surface area contributed by atoms with Crippen molar-refractivity contribution in [3.05, 3.63) is 65.2 Å². The number of hydrogen-bond acceptors (Lipinski definition) is 5. The maximum Gasteiger partial charge on any atom is 0.337 e. The number of rotatable bonds is 4. The molecule has 2 aromatic carbocycles. The van der Waals surface area contributed by atoms with Crippen molar-refractivity contribution < 1.29 is 19.1 Å². The standard InChI is InChI=1S/C18H17N3O4S/c1-19-16(23)13-8-3-4-9-14(13)20-18(26)21-15(22)11-6-5-7-12(10-11)17(24)25-2/h3-10H,1-2H3,(H,19,23)(H2,20,21,22,26).